The van der Waals surface area contributed by atoms with Gasteiger partial charge in [-0.25, -0.2) is 9.78 Å². The molecule has 22 heavy (non-hydrogen) atoms. The van der Waals surface area contributed by atoms with E-state index in [2.05, 4.69) is 9.97 Å². The van der Waals surface area contributed by atoms with Crippen molar-refractivity contribution < 1.29 is 14.3 Å². The molecule has 0 saturated heterocycles. The van der Waals surface area contributed by atoms with Crippen LogP contribution < -0.4 is 4.74 Å². The molecule has 1 aromatic carbocycles. The molecular formula is C17H14N2O3. The lowest BCUT2D eigenvalue weighted by Crippen LogP contribution is -2.09. The van der Waals surface area contributed by atoms with Gasteiger partial charge in [0.25, 0.3) is 0 Å². The van der Waals surface area contributed by atoms with Crippen molar-refractivity contribution >= 4 is 16.9 Å². The van der Waals surface area contributed by atoms with Crippen LogP contribution in [0.15, 0.2) is 54.9 Å². The van der Waals surface area contributed by atoms with Crippen LogP contribution in [0, 0.1) is 0 Å². The van der Waals surface area contributed by atoms with Gasteiger partial charge in [-0.1, -0.05) is 30.3 Å². The third-order valence-corrected chi connectivity index (χ3v) is 3.22. The molecule has 0 fully saturated rings. The number of methoxy groups -OCH3 is 1. The highest BCUT2D eigenvalue weighted by molar-refractivity contribution is 5.97. The van der Waals surface area contributed by atoms with Crippen molar-refractivity contribution in [1.29, 1.82) is 0 Å². The van der Waals surface area contributed by atoms with Gasteiger partial charge in [0.15, 0.2) is 11.4 Å². The van der Waals surface area contributed by atoms with Crippen LogP contribution in [0.5, 0.6) is 5.75 Å². The van der Waals surface area contributed by atoms with Crippen molar-refractivity contribution in [2.75, 3.05) is 7.11 Å². The highest BCUT2D eigenvalue weighted by Gasteiger charge is 2.18. The zero-order valence-electron chi connectivity index (χ0n) is 12.0. The number of fused-ring (bicyclic) bond motifs is 1. The van der Waals surface area contributed by atoms with Crippen LogP contribution in [-0.4, -0.2) is 23.0 Å². The first-order valence-corrected chi connectivity index (χ1v) is 6.78. The fourth-order valence-electron chi connectivity index (χ4n) is 2.14. The number of benzene rings is 1. The SMILES string of the molecule is COC(=O)c1ncc2ncccc2c1OCc1ccccc1. The molecule has 0 radical (unpaired) electrons. The number of ether oxygens (including phenoxy) is 2. The van der Waals surface area contributed by atoms with Gasteiger partial charge in [0, 0.05) is 11.6 Å². The molecule has 3 rings (SSSR count). The van der Waals surface area contributed by atoms with Crippen LogP contribution in [-0.2, 0) is 11.3 Å². The number of hydrogen-bond donors (Lipinski definition) is 0. The summed E-state index contributed by atoms with van der Waals surface area (Å²) in [7, 11) is 1.32. The normalized spacial score (nSPS) is 10.4. The third-order valence-electron chi connectivity index (χ3n) is 3.22. The molecule has 110 valence electrons. The summed E-state index contributed by atoms with van der Waals surface area (Å²) in [5.41, 5.74) is 1.82. The highest BCUT2D eigenvalue weighted by atomic mass is 16.5. The van der Waals surface area contributed by atoms with Gasteiger partial charge in [0.2, 0.25) is 0 Å². The number of carbonyl (C=O) groups is 1. The van der Waals surface area contributed by atoms with Gasteiger partial charge in [0.05, 0.1) is 18.8 Å². The number of pyridine rings is 2. The monoisotopic (exact) mass is 294 g/mol. The van der Waals surface area contributed by atoms with Crippen LogP contribution in [0.4, 0.5) is 0 Å². The van der Waals surface area contributed by atoms with Crippen molar-refractivity contribution in [1.82, 2.24) is 9.97 Å². The van der Waals surface area contributed by atoms with E-state index in [0.29, 0.717) is 17.9 Å². The second kappa shape index (κ2) is 6.22. The van der Waals surface area contributed by atoms with Gasteiger partial charge in [-0.2, -0.15) is 0 Å². The van der Waals surface area contributed by atoms with E-state index in [-0.39, 0.29) is 5.69 Å². The zero-order valence-corrected chi connectivity index (χ0v) is 12.0. The second-order valence-corrected chi connectivity index (χ2v) is 4.64. The standard InChI is InChI=1S/C17H14N2O3/c1-21-17(20)15-16(22-11-12-6-3-2-4-7-12)13-8-5-9-18-14(13)10-19-15/h2-10H,11H2,1H3. The molecule has 0 unspecified atom stereocenters. The maximum Gasteiger partial charge on any atom is 0.360 e. The molecule has 0 bridgehead atoms. The molecule has 0 aliphatic heterocycles. The minimum absolute atomic E-state index is 0.152. The van der Waals surface area contributed by atoms with Crippen molar-refractivity contribution in [3.05, 3.63) is 66.1 Å². The molecule has 5 nitrogen and oxygen atoms in total. The summed E-state index contributed by atoms with van der Waals surface area (Å²) in [4.78, 5) is 20.3. The number of esters is 1. The van der Waals surface area contributed by atoms with Crippen molar-refractivity contribution in [2.24, 2.45) is 0 Å². The topological polar surface area (TPSA) is 61.3 Å². The van der Waals surface area contributed by atoms with Crippen LogP contribution in [0.25, 0.3) is 10.9 Å². The molecular weight excluding hydrogens is 280 g/mol. The van der Waals surface area contributed by atoms with Gasteiger partial charge in [-0.3, -0.25) is 4.98 Å². The summed E-state index contributed by atoms with van der Waals surface area (Å²) in [5.74, 6) is -0.143. The number of nitrogens with zero attached hydrogens (tertiary/aromatic N) is 2. The molecule has 0 saturated carbocycles. The molecule has 0 atom stereocenters. The van der Waals surface area contributed by atoms with E-state index in [1.54, 1.807) is 12.3 Å². The van der Waals surface area contributed by atoms with E-state index >= 15 is 0 Å². The number of carbonyl (C=O) groups excluding carboxylic acids is 1. The lowest BCUT2D eigenvalue weighted by Gasteiger charge is -2.12. The smallest absolute Gasteiger partial charge is 0.360 e. The number of aromatic nitrogens is 2. The Balaban J connectivity index is 2.02. The average Bonchev–Trinajstić information content (AvgIpc) is 2.59. The third kappa shape index (κ3) is 2.74. The number of hydrogen-bond acceptors (Lipinski definition) is 5. The lowest BCUT2D eigenvalue weighted by molar-refractivity contribution is 0.0589. The fraction of sp³-hybridized carbons (Fsp3) is 0.118. The Kier molecular flexibility index (Phi) is 3.96. The second-order valence-electron chi connectivity index (χ2n) is 4.64. The first-order valence-electron chi connectivity index (χ1n) is 6.78. The summed E-state index contributed by atoms with van der Waals surface area (Å²) in [6.45, 7) is 0.334. The largest absolute Gasteiger partial charge is 0.486 e. The summed E-state index contributed by atoms with van der Waals surface area (Å²) in [6.07, 6.45) is 3.21. The van der Waals surface area contributed by atoms with Gasteiger partial charge >= 0.3 is 5.97 Å². The fourth-order valence-corrected chi connectivity index (χ4v) is 2.14. The minimum atomic E-state index is -0.534. The van der Waals surface area contributed by atoms with Crippen molar-refractivity contribution in [3.8, 4) is 5.75 Å². The molecule has 0 amide bonds. The first-order chi connectivity index (χ1) is 10.8. The van der Waals surface area contributed by atoms with E-state index in [1.807, 2.05) is 36.4 Å². The van der Waals surface area contributed by atoms with Gasteiger partial charge < -0.3 is 9.47 Å². The molecule has 2 aromatic heterocycles. The summed E-state index contributed by atoms with van der Waals surface area (Å²) < 4.78 is 10.6. The van der Waals surface area contributed by atoms with E-state index in [0.717, 1.165) is 10.9 Å². The van der Waals surface area contributed by atoms with Crippen molar-refractivity contribution in [3.63, 3.8) is 0 Å². The van der Waals surface area contributed by atoms with Crippen LogP contribution in [0.1, 0.15) is 16.1 Å². The van der Waals surface area contributed by atoms with Gasteiger partial charge in [-0.15, -0.1) is 0 Å². The molecule has 0 aliphatic rings. The number of rotatable bonds is 4. The maximum absolute atomic E-state index is 11.9. The summed E-state index contributed by atoms with van der Waals surface area (Å²) >= 11 is 0. The van der Waals surface area contributed by atoms with E-state index in [9.17, 15) is 4.79 Å². The summed E-state index contributed by atoms with van der Waals surface area (Å²) in [6, 6.07) is 13.3. The predicted molar refractivity (Wildman–Crippen MR) is 81.7 cm³/mol. The first kappa shape index (κ1) is 14.0. The van der Waals surface area contributed by atoms with E-state index in [1.165, 1.54) is 13.3 Å². The Morgan fingerprint density at radius 1 is 1.09 bits per heavy atom. The quantitative estimate of drug-likeness (QED) is 0.692. The molecule has 5 heteroatoms. The van der Waals surface area contributed by atoms with Gasteiger partial charge in [0.1, 0.15) is 6.61 Å². The lowest BCUT2D eigenvalue weighted by atomic mass is 10.2. The van der Waals surface area contributed by atoms with Crippen LogP contribution in [0.2, 0.25) is 0 Å². The Morgan fingerprint density at radius 3 is 2.68 bits per heavy atom. The molecule has 0 spiro atoms. The predicted octanol–water partition coefficient (Wildman–Crippen LogP) is 3.00. The summed E-state index contributed by atoms with van der Waals surface area (Å²) in [5, 5.41) is 0.730. The Hall–Kier alpha value is -2.95. The molecule has 0 aliphatic carbocycles. The molecule has 0 N–H and O–H groups in total. The van der Waals surface area contributed by atoms with Crippen LogP contribution >= 0.6 is 0 Å². The van der Waals surface area contributed by atoms with Crippen molar-refractivity contribution in [2.45, 2.75) is 6.61 Å². The zero-order chi connectivity index (χ0) is 15.4. The molecule has 2 heterocycles. The Morgan fingerprint density at radius 2 is 1.91 bits per heavy atom. The highest BCUT2D eigenvalue weighted by Crippen LogP contribution is 2.28. The minimum Gasteiger partial charge on any atom is -0.486 e. The average molecular weight is 294 g/mol. The molecule has 3 aromatic rings. The van der Waals surface area contributed by atoms with Gasteiger partial charge in [-0.05, 0) is 17.7 Å². The maximum atomic E-state index is 11.9. The Labute approximate surface area is 127 Å². The van der Waals surface area contributed by atoms with E-state index in [4.69, 9.17) is 9.47 Å². The van der Waals surface area contributed by atoms with Crippen LogP contribution in [0.3, 0.4) is 0 Å². The van der Waals surface area contributed by atoms with E-state index < -0.39 is 5.97 Å². The Bertz CT molecular complexity index is 803.